The Balaban J connectivity index is 1.94. The fourth-order valence-corrected chi connectivity index (χ4v) is 2.93. The molecule has 0 aliphatic carbocycles. The van der Waals surface area contributed by atoms with Crippen molar-refractivity contribution in [2.45, 2.75) is 45.8 Å². The van der Waals surface area contributed by atoms with Crippen LogP contribution in [0.2, 0.25) is 0 Å². The molecule has 3 aromatic rings. The molecular weight excluding hydrogens is 457 g/mol. The Morgan fingerprint density at radius 3 is 2.09 bits per heavy atom. The number of rotatable bonds is 7. The minimum absolute atomic E-state index is 0.141. The highest BCUT2D eigenvalue weighted by atomic mass is 19.1. The van der Waals surface area contributed by atoms with Crippen LogP contribution in [0.1, 0.15) is 40.4 Å². The van der Waals surface area contributed by atoms with Crippen molar-refractivity contribution in [3.63, 3.8) is 0 Å². The number of carbonyl (C=O) groups excluding carboxylic acids is 1. The van der Waals surface area contributed by atoms with E-state index in [-0.39, 0.29) is 34.8 Å². The number of nitrogens with zero attached hydrogens (tertiary/aromatic N) is 4. The van der Waals surface area contributed by atoms with Gasteiger partial charge < -0.3 is 24.3 Å². The van der Waals surface area contributed by atoms with Crippen LogP contribution in [-0.4, -0.2) is 45.8 Å². The lowest BCUT2D eigenvalue weighted by Crippen LogP contribution is -2.45. The fraction of sp³-hybridized carbons (Fsp3) is 0.375. The van der Waals surface area contributed by atoms with Crippen LogP contribution < -0.4 is 19.5 Å². The third-order valence-electron chi connectivity index (χ3n) is 4.49. The first-order chi connectivity index (χ1) is 16.4. The zero-order valence-electron chi connectivity index (χ0n) is 20.7. The Morgan fingerprint density at radius 2 is 1.54 bits per heavy atom. The van der Waals surface area contributed by atoms with Gasteiger partial charge in [0.2, 0.25) is 5.75 Å². The molecule has 10 nitrogen and oxygen atoms in total. The number of amides is 1. The van der Waals surface area contributed by atoms with Crippen molar-refractivity contribution in [1.29, 1.82) is 0 Å². The normalized spacial score (nSPS) is 11.5. The number of alkyl carbamates (subject to hydrolysis) is 1. The molecule has 0 bridgehead atoms. The molecule has 1 N–H and O–H groups in total. The van der Waals surface area contributed by atoms with Crippen molar-refractivity contribution >= 4 is 6.09 Å². The molecule has 1 amide bonds. The first-order valence-corrected chi connectivity index (χ1v) is 10.7. The molecule has 0 saturated heterocycles. The molecular formula is C24H28FN5O5. The summed E-state index contributed by atoms with van der Waals surface area (Å²) >= 11 is 0. The van der Waals surface area contributed by atoms with Gasteiger partial charge in [0.05, 0.1) is 32.2 Å². The number of halogens is 1. The molecule has 35 heavy (non-hydrogen) atoms. The Labute approximate surface area is 202 Å². The van der Waals surface area contributed by atoms with E-state index in [1.807, 2.05) is 0 Å². The lowest BCUT2D eigenvalue weighted by atomic mass is 10.0. The molecule has 2 heterocycles. The summed E-state index contributed by atoms with van der Waals surface area (Å²) in [4.78, 5) is 30.0. The van der Waals surface area contributed by atoms with Crippen LogP contribution in [0.5, 0.6) is 23.1 Å². The second-order valence-electron chi connectivity index (χ2n) is 8.99. The maximum absolute atomic E-state index is 13.1. The minimum atomic E-state index is -1.04. The zero-order chi connectivity index (χ0) is 25.8. The van der Waals surface area contributed by atoms with E-state index in [1.165, 1.54) is 50.9 Å². The van der Waals surface area contributed by atoms with Gasteiger partial charge >= 0.3 is 6.09 Å². The highest BCUT2D eigenvalue weighted by Gasteiger charge is 2.32. The third-order valence-corrected chi connectivity index (χ3v) is 4.49. The maximum atomic E-state index is 13.1. The Hall–Kier alpha value is -4.02. The number of aromatic nitrogens is 4. The number of methoxy groups -OCH3 is 2. The number of nitrogens with one attached hydrogen (secondary N) is 1. The molecule has 11 heteroatoms. The standard InChI is InChI=1S/C24H28FN5O5/c1-23(2,3)35-22(31)30-24(4,5)21-28-17(18(32-6)20(29-21)33-7)19-26-12-16(13-27-19)34-15-10-8-14(25)9-11-15/h8-13H,1-7H3,(H,30,31). The van der Waals surface area contributed by atoms with Crippen LogP contribution in [0.3, 0.4) is 0 Å². The molecule has 0 fully saturated rings. The molecule has 2 aromatic heterocycles. The number of carbonyl (C=O) groups is 1. The van der Waals surface area contributed by atoms with Crippen LogP contribution in [0, 0.1) is 5.82 Å². The van der Waals surface area contributed by atoms with Gasteiger partial charge in [0.1, 0.15) is 17.2 Å². The van der Waals surface area contributed by atoms with Gasteiger partial charge in [-0.3, -0.25) is 0 Å². The highest BCUT2D eigenvalue weighted by molar-refractivity contribution is 5.69. The predicted molar refractivity (Wildman–Crippen MR) is 125 cm³/mol. The van der Waals surface area contributed by atoms with Gasteiger partial charge in [0, 0.05) is 0 Å². The Kier molecular flexibility index (Phi) is 7.37. The predicted octanol–water partition coefficient (Wildman–Crippen LogP) is 4.64. The molecule has 0 atom stereocenters. The van der Waals surface area contributed by atoms with E-state index >= 15 is 0 Å². The summed E-state index contributed by atoms with van der Waals surface area (Å²) in [5.74, 6) is 1.20. The third kappa shape index (κ3) is 6.52. The van der Waals surface area contributed by atoms with E-state index in [2.05, 4.69) is 25.3 Å². The molecule has 0 unspecified atom stereocenters. The first kappa shape index (κ1) is 25.6. The molecule has 0 spiro atoms. The van der Waals surface area contributed by atoms with Crippen LogP contribution in [0.25, 0.3) is 11.5 Å². The van der Waals surface area contributed by atoms with Gasteiger partial charge in [-0.15, -0.1) is 0 Å². The van der Waals surface area contributed by atoms with Gasteiger partial charge in [-0.25, -0.2) is 24.1 Å². The van der Waals surface area contributed by atoms with Crippen LogP contribution >= 0.6 is 0 Å². The second-order valence-corrected chi connectivity index (χ2v) is 8.99. The number of hydrogen-bond acceptors (Lipinski definition) is 9. The lowest BCUT2D eigenvalue weighted by molar-refractivity contribution is 0.0465. The zero-order valence-corrected chi connectivity index (χ0v) is 20.7. The summed E-state index contributed by atoms with van der Waals surface area (Å²) in [7, 11) is 2.88. The van der Waals surface area contributed by atoms with Crippen molar-refractivity contribution < 1.29 is 28.1 Å². The average Bonchev–Trinajstić information content (AvgIpc) is 2.78. The first-order valence-electron chi connectivity index (χ1n) is 10.7. The van der Waals surface area contributed by atoms with E-state index in [1.54, 1.807) is 34.6 Å². The number of ether oxygens (including phenoxy) is 4. The average molecular weight is 486 g/mol. The van der Waals surface area contributed by atoms with Crippen LogP contribution in [0.4, 0.5) is 9.18 Å². The Bertz CT molecular complexity index is 1180. The van der Waals surface area contributed by atoms with Crippen molar-refractivity contribution in [1.82, 2.24) is 25.3 Å². The van der Waals surface area contributed by atoms with Crippen molar-refractivity contribution in [2.24, 2.45) is 0 Å². The summed E-state index contributed by atoms with van der Waals surface area (Å²) in [5, 5.41) is 2.77. The van der Waals surface area contributed by atoms with Crippen LogP contribution in [0.15, 0.2) is 36.7 Å². The monoisotopic (exact) mass is 485 g/mol. The van der Waals surface area contributed by atoms with Gasteiger partial charge in [-0.2, -0.15) is 4.98 Å². The summed E-state index contributed by atoms with van der Waals surface area (Å²) in [6, 6.07) is 5.57. The van der Waals surface area contributed by atoms with Crippen molar-refractivity contribution in [3.8, 4) is 34.6 Å². The lowest BCUT2D eigenvalue weighted by Gasteiger charge is -2.28. The SMILES string of the molecule is COc1nc(C(C)(C)NC(=O)OC(C)(C)C)nc(-c2ncc(Oc3ccc(F)cc3)cn2)c1OC. The molecule has 0 aliphatic rings. The second kappa shape index (κ2) is 10.1. The molecule has 0 aliphatic heterocycles. The number of hydrogen-bond donors (Lipinski definition) is 1. The van der Waals surface area contributed by atoms with Crippen molar-refractivity contribution in [3.05, 3.63) is 48.3 Å². The molecule has 3 rings (SSSR count). The van der Waals surface area contributed by atoms with E-state index in [4.69, 9.17) is 18.9 Å². The molecule has 1 aromatic carbocycles. The van der Waals surface area contributed by atoms with Crippen molar-refractivity contribution in [2.75, 3.05) is 14.2 Å². The summed E-state index contributed by atoms with van der Waals surface area (Å²) < 4.78 is 35.0. The molecule has 0 radical (unpaired) electrons. The number of benzene rings is 1. The molecule has 186 valence electrons. The smallest absolute Gasteiger partial charge is 0.408 e. The summed E-state index contributed by atoms with van der Waals surface area (Å²) in [5.41, 5.74) is -1.46. The quantitative estimate of drug-likeness (QED) is 0.510. The van der Waals surface area contributed by atoms with E-state index in [9.17, 15) is 9.18 Å². The summed E-state index contributed by atoms with van der Waals surface area (Å²) in [6.07, 6.45) is 2.27. The largest absolute Gasteiger partial charge is 0.490 e. The maximum Gasteiger partial charge on any atom is 0.408 e. The highest BCUT2D eigenvalue weighted by Crippen LogP contribution is 2.36. The van der Waals surface area contributed by atoms with Crippen LogP contribution in [-0.2, 0) is 10.3 Å². The van der Waals surface area contributed by atoms with Gasteiger partial charge in [-0.05, 0) is 58.9 Å². The Morgan fingerprint density at radius 1 is 0.914 bits per heavy atom. The van der Waals surface area contributed by atoms with Gasteiger partial charge in [0.15, 0.2) is 23.1 Å². The topological polar surface area (TPSA) is 118 Å². The van der Waals surface area contributed by atoms with E-state index in [0.29, 0.717) is 11.5 Å². The fourth-order valence-electron chi connectivity index (χ4n) is 2.93. The van der Waals surface area contributed by atoms with E-state index < -0.39 is 17.2 Å². The van der Waals surface area contributed by atoms with E-state index in [0.717, 1.165) is 0 Å². The van der Waals surface area contributed by atoms with Gasteiger partial charge in [0.25, 0.3) is 5.88 Å². The van der Waals surface area contributed by atoms with Gasteiger partial charge in [-0.1, -0.05) is 0 Å². The minimum Gasteiger partial charge on any atom is -0.490 e. The molecule has 0 saturated carbocycles. The summed E-state index contributed by atoms with van der Waals surface area (Å²) in [6.45, 7) is 8.76.